The zero-order valence-corrected chi connectivity index (χ0v) is 14.1. The lowest BCUT2D eigenvalue weighted by Crippen LogP contribution is -2.32. The Morgan fingerprint density at radius 1 is 1.28 bits per heavy atom. The molecule has 0 aromatic carbocycles. The van der Waals surface area contributed by atoms with Gasteiger partial charge in [0.25, 0.3) is 0 Å². The van der Waals surface area contributed by atoms with Crippen molar-refractivity contribution in [2.45, 2.75) is 44.6 Å². The van der Waals surface area contributed by atoms with E-state index in [1.807, 2.05) is 6.07 Å². The fourth-order valence-corrected chi connectivity index (χ4v) is 5.06. The van der Waals surface area contributed by atoms with E-state index in [4.69, 9.17) is 10.8 Å². The van der Waals surface area contributed by atoms with Gasteiger partial charge >= 0.3 is 0 Å². The summed E-state index contributed by atoms with van der Waals surface area (Å²) in [6.45, 7) is 0. The predicted octanol–water partition coefficient (Wildman–Crippen LogP) is 4.21. The van der Waals surface area contributed by atoms with Crippen LogP contribution in [-0.4, -0.2) is 11.9 Å². The number of thiophene rings is 1. The van der Waals surface area contributed by atoms with E-state index in [0.717, 1.165) is 19.0 Å². The van der Waals surface area contributed by atoms with E-state index in [1.165, 1.54) is 38.5 Å². The van der Waals surface area contributed by atoms with Gasteiger partial charge in [-0.05, 0) is 50.8 Å². The average molecular weight is 395 g/mol. The van der Waals surface area contributed by atoms with Crippen LogP contribution in [0.1, 0.15) is 44.1 Å². The summed E-state index contributed by atoms with van der Waals surface area (Å²) in [6, 6.07) is 2.45. The Bertz CT molecular complexity index is 423. The molecule has 100 valence electrons. The van der Waals surface area contributed by atoms with Crippen molar-refractivity contribution < 1.29 is 0 Å². The summed E-state index contributed by atoms with van der Waals surface area (Å²) in [5.74, 6) is 6.41. The molecule has 3 N–H and O–H groups in total. The third-order valence-electron chi connectivity index (χ3n) is 3.18. The first kappa shape index (κ1) is 14.5. The zero-order chi connectivity index (χ0) is 13.0. The monoisotopic (exact) mass is 393 g/mol. The van der Waals surface area contributed by atoms with Gasteiger partial charge in [0.1, 0.15) is 5.84 Å². The fourth-order valence-electron chi connectivity index (χ4n) is 2.26. The largest absolute Gasteiger partial charge is 0.308 e. The minimum atomic E-state index is 0.407. The van der Waals surface area contributed by atoms with Crippen molar-refractivity contribution in [1.29, 1.82) is 0 Å². The standard InChI is InChI=1S/C12H17Br2N3S/c13-10-7-9(11(14)18-10)12(17-15)16-8-5-3-1-2-4-6-8/h7-8H,1-6,15H2,(H,16,17). The van der Waals surface area contributed by atoms with E-state index in [0.29, 0.717) is 6.04 Å². The molecule has 1 saturated carbocycles. The molecule has 0 bridgehead atoms. The van der Waals surface area contributed by atoms with Gasteiger partial charge in [-0.3, -0.25) is 4.99 Å². The summed E-state index contributed by atoms with van der Waals surface area (Å²) in [7, 11) is 0. The van der Waals surface area contributed by atoms with E-state index in [9.17, 15) is 0 Å². The van der Waals surface area contributed by atoms with Gasteiger partial charge in [-0.15, -0.1) is 11.3 Å². The number of nitrogens with one attached hydrogen (secondary N) is 1. The Morgan fingerprint density at radius 2 is 1.94 bits per heavy atom. The lowest BCUT2D eigenvalue weighted by molar-refractivity contribution is 0.583. The third-order valence-corrected chi connectivity index (χ3v) is 5.52. The molecule has 1 fully saturated rings. The summed E-state index contributed by atoms with van der Waals surface area (Å²) in [5.41, 5.74) is 3.79. The van der Waals surface area contributed by atoms with Crippen LogP contribution in [0.4, 0.5) is 0 Å². The first-order valence-corrected chi connectivity index (χ1v) is 8.60. The Kier molecular flexibility index (Phi) is 5.66. The van der Waals surface area contributed by atoms with Gasteiger partial charge in [0.15, 0.2) is 0 Å². The summed E-state index contributed by atoms with van der Waals surface area (Å²) >= 11 is 8.67. The summed E-state index contributed by atoms with van der Waals surface area (Å²) in [4.78, 5) is 4.79. The summed E-state index contributed by atoms with van der Waals surface area (Å²) in [6.07, 6.45) is 7.58. The van der Waals surface area contributed by atoms with Crippen molar-refractivity contribution in [3.63, 3.8) is 0 Å². The first-order chi connectivity index (χ1) is 8.70. The molecule has 1 heterocycles. The van der Waals surface area contributed by atoms with Crippen molar-refractivity contribution >= 4 is 49.0 Å². The number of hydrogen-bond donors (Lipinski definition) is 2. The van der Waals surface area contributed by atoms with Crippen LogP contribution >= 0.6 is 43.2 Å². The highest BCUT2D eigenvalue weighted by atomic mass is 79.9. The number of aliphatic imine (C=N–C) groups is 1. The lowest BCUT2D eigenvalue weighted by Gasteiger charge is -2.12. The SMILES string of the molecule is NNC(=NC1CCCCCC1)c1cc(Br)sc1Br. The van der Waals surface area contributed by atoms with Gasteiger partial charge in [0.05, 0.1) is 13.6 Å². The Labute approximate surface area is 128 Å². The van der Waals surface area contributed by atoms with Crippen LogP contribution < -0.4 is 11.3 Å². The molecule has 2 rings (SSSR count). The maximum Gasteiger partial charge on any atom is 0.144 e. The van der Waals surface area contributed by atoms with E-state index >= 15 is 0 Å². The predicted molar refractivity (Wildman–Crippen MR) is 85.1 cm³/mol. The van der Waals surface area contributed by atoms with Crippen molar-refractivity contribution in [3.8, 4) is 0 Å². The number of hydrazine groups is 1. The minimum Gasteiger partial charge on any atom is -0.308 e. The van der Waals surface area contributed by atoms with Gasteiger partial charge < -0.3 is 5.43 Å². The average Bonchev–Trinajstić information content (AvgIpc) is 2.57. The number of rotatable bonds is 2. The Hall–Kier alpha value is 0.0900. The highest BCUT2D eigenvalue weighted by molar-refractivity contribution is 9.12. The van der Waals surface area contributed by atoms with Crippen molar-refractivity contribution in [2.24, 2.45) is 10.8 Å². The van der Waals surface area contributed by atoms with Crippen LogP contribution in [0.25, 0.3) is 0 Å². The molecule has 1 aromatic rings. The van der Waals surface area contributed by atoms with E-state index in [2.05, 4.69) is 37.3 Å². The Balaban J connectivity index is 2.18. The topological polar surface area (TPSA) is 50.4 Å². The van der Waals surface area contributed by atoms with Gasteiger partial charge in [-0.25, -0.2) is 5.84 Å². The lowest BCUT2D eigenvalue weighted by atomic mass is 10.1. The van der Waals surface area contributed by atoms with Gasteiger partial charge in [-0.2, -0.15) is 0 Å². The van der Waals surface area contributed by atoms with E-state index in [-0.39, 0.29) is 0 Å². The second-order valence-corrected chi connectivity index (χ2v) is 8.25. The molecule has 0 saturated heterocycles. The molecule has 18 heavy (non-hydrogen) atoms. The van der Waals surface area contributed by atoms with Crippen LogP contribution in [0.3, 0.4) is 0 Å². The molecule has 1 aromatic heterocycles. The van der Waals surface area contributed by atoms with Crippen molar-refractivity contribution in [1.82, 2.24) is 5.43 Å². The molecule has 0 aliphatic heterocycles. The van der Waals surface area contributed by atoms with Crippen LogP contribution in [0.2, 0.25) is 0 Å². The summed E-state index contributed by atoms with van der Waals surface area (Å²) in [5, 5.41) is 0. The molecule has 3 nitrogen and oxygen atoms in total. The highest BCUT2D eigenvalue weighted by Crippen LogP contribution is 2.32. The van der Waals surface area contributed by atoms with Crippen LogP contribution in [0, 0.1) is 0 Å². The molecule has 0 amide bonds. The third kappa shape index (κ3) is 3.79. The number of nitrogens with zero attached hydrogens (tertiary/aromatic N) is 1. The van der Waals surface area contributed by atoms with Gasteiger partial charge in [0, 0.05) is 5.56 Å². The number of halogens is 2. The molecule has 1 aliphatic carbocycles. The molecule has 0 unspecified atom stereocenters. The van der Waals surface area contributed by atoms with Gasteiger partial charge in [0.2, 0.25) is 0 Å². The number of hydrogen-bond acceptors (Lipinski definition) is 3. The second-order valence-electron chi connectivity index (χ2n) is 4.51. The van der Waals surface area contributed by atoms with E-state index < -0.39 is 0 Å². The van der Waals surface area contributed by atoms with Crippen LogP contribution in [0.5, 0.6) is 0 Å². The molecule has 0 atom stereocenters. The maximum absolute atomic E-state index is 5.63. The molecule has 6 heteroatoms. The smallest absolute Gasteiger partial charge is 0.144 e. The normalized spacial score (nSPS) is 18.7. The van der Waals surface area contributed by atoms with Crippen LogP contribution in [-0.2, 0) is 0 Å². The molecule has 0 spiro atoms. The van der Waals surface area contributed by atoms with Crippen molar-refractivity contribution in [2.75, 3.05) is 0 Å². The quantitative estimate of drug-likeness (QED) is 0.259. The van der Waals surface area contributed by atoms with Gasteiger partial charge in [-0.1, -0.05) is 25.7 Å². The summed E-state index contributed by atoms with van der Waals surface area (Å²) < 4.78 is 2.13. The molecular weight excluding hydrogens is 378 g/mol. The maximum atomic E-state index is 5.63. The van der Waals surface area contributed by atoms with Crippen LogP contribution in [0.15, 0.2) is 18.6 Å². The first-order valence-electron chi connectivity index (χ1n) is 6.20. The molecular formula is C12H17Br2N3S. The fraction of sp³-hybridized carbons (Fsp3) is 0.583. The molecule has 0 radical (unpaired) electrons. The minimum absolute atomic E-state index is 0.407. The molecule has 1 aliphatic rings. The van der Waals surface area contributed by atoms with E-state index in [1.54, 1.807) is 11.3 Å². The highest BCUT2D eigenvalue weighted by Gasteiger charge is 2.15. The number of amidine groups is 1. The second kappa shape index (κ2) is 7.03. The van der Waals surface area contributed by atoms with Crippen molar-refractivity contribution in [3.05, 3.63) is 19.2 Å². The Morgan fingerprint density at radius 3 is 2.44 bits per heavy atom. The number of nitrogens with two attached hydrogens (primary N) is 1. The zero-order valence-electron chi connectivity index (χ0n) is 10.1.